The SMILES string of the molecule is CC1CNC(C(C)C)C(C(=O)O)C1. The van der Waals surface area contributed by atoms with Crippen LogP contribution in [-0.4, -0.2) is 23.7 Å². The lowest BCUT2D eigenvalue weighted by atomic mass is 9.80. The third-order valence-corrected chi connectivity index (χ3v) is 2.83. The molecule has 1 rings (SSSR count). The standard InChI is InChI=1S/C10H19NO2/c1-6(2)9-8(10(12)13)4-7(3)5-11-9/h6-9,11H,4-5H2,1-3H3,(H,12,13). The van der Waals surface area contributed by atoms with Gasteiger partial charge in [0, 0.05) is 6.04 Å². The Hall–Kier alpha value is -0.570. The van der Waals surface area contributed by atoms with Gasteiger partial charge < -0.3 is 10.4 Å². The summed E-state index contributed by atoms with van der Waals surface area (Å²) in [6, 6.07) is 0.147. The van der Waals surface area contributed by atoms with Crippen LogP contribution in [0.3, 0.4) is 0 Å². The van der Waals surface area contributed by atoms with Gasteiger partial charge in [0.2, 0.25) is 0 Å². The maximum absolute atomic E-state index is 11.0. The number of hydrogen-bond acceptors (Lipinski definition) is 2. The minimum absolute atomic E-state index is 0.147. The monoisotopic (exact) mass is 185 g/mol. The fourth-order valence-corrected chi connectivity index (χ4v) is 2.10. The maximum atomic E-state index is 11.0. The van der Waals surface area contributed by atoms with Crippen LogP contribution in [0.4, 0.5) is 0 Å². The topological polar surface area (TPSA) is 49.3 Å². The van der Waals surface area contributed by atoms with Gasteiger partial charge in [-0.05, 0) is 24.8 Å². The second kappa shape index (κ2) is 4.09. The van der Waals surface area contributed by atoms with Gasteiger partial charge >= 0.3 is 5.97 Å². The molecular formula is C10H19NO2. The molecule has 0 spiro atoms. The molecule has 0 amide bonds. The molecule has 1 aliphatic rings. The molecule has 1 saturated heterocycles. The highest BCUT2D eigenvalue weighted by atomic mass is 16.4. The van der Waals surface area contributed by atoms with E-state index in [1.165, 1.54) is 0 Å². The number of hydrogen-bond donors (Lipinski definition) is 2. The second-order valence-electron chi connectivity index (χ2n) is 4.46. The minimum Gasteiger partial charge on any atom is -0.481 e. The average molecular weight is 185 g/mol. The Morgan fingerprint density at radius 3 is 2.62 bits per heavy atom. The zero-order valence-corrected chi connectivity index (χ0v) is 8.58. The molecule has 0 saturated carbocycles. The maximum Gasteiger partial charge on any atom is 0.308 e. The molecule has 0 bridgehead atoms. The molecule has 13 heavy (non-hydrogen) atoms. The molecule has 0 aromatic rings. The van der Waals surface area contributed by atoms with Crippen molar-refractivity contribution < 1.29 is 9.90 Å². The van der Waals surface area contributed by atoms with Gasteiger partial charge in [0.1, 0.15) is 0 Å². The highest BCUT2D eigenvalue weighted by Gasteiger charge is 2.34. The number of carboxylic acids is 1. The fourth-order valence-electron chi connectivity index (χ4n) is 2.10. The van der Waals surface area contributed by atoms with Gasteiger partial charge in [-0.2, -0.15) is 0 Å². The summed E-state index contributed by atoms with van der Waals surface area (Å²) in [5.41, 5.74) is 0. The predicted molar refractivity (Wildman–Crippen MR) is 51.5 cm³/mol. The Kier molecular flexibility index (Phi) is 3.31. The molecule has 1 fully saturated rings. The molecule has 3 atom stereocenters. The smallest absolute Gasteiger partial charge is 0.308 e. The van der Waals surface area contributed by atoms with Crippen LogP contribution in [-0.2, 0) is 4.79 Å². The normalized spacial score (nSPS) is 34.9. The van der Waals surface area contributed by atoms with Crippen molar-refractivity contribution in [2.45, 2.75) is 33.2 Å². The largest absolute Gasteiger partial charge is 0.481 e. The van der Waals surface area contributed by atoms with Gasteiger partial charge in [0.25, 0.3) is 0 Å². The van der Waals surface area contributed by atoms with Crippen LogP contribution < -0.4 is 5.32 Å². The van der Waals surface area contributed by atoms with Crippen LogP contribution in [0.5, 0.6) is 0 Å². The lowest BCUT2D eigenvalue weighted by Gasteiger charge is -2.35. The van der Waals surface area contributed by atoms with Crippen LogP contribution in [0.15, 0.2) is 0 Å². The Morgan fingerprint density at radius 2 is 2.15 bits per heavy atom. The summed E-state index contributed by atoms with van der Waals surface area (Å²) in [4.78, 5) is 11.0. The molecule has 0 aliphatic carbocycles. The van der Waals surface area contributed by atoms with Crippen molar-refractivity contribution in [3.63, 3.8) is 0 Å². The predicted octanol–water partition coefficient (Wildman–Crippen LogP) is 1.34. The molecular weight excluding hydrogens is 166 g/mol. The summed E-state index contributed by atoms with van der Waals surface area (Å²) in [5, 5.41) is 12.4. The van der Waals surface area contributed by atoms with Gasteiger partial charge in [-0.15, -0.1) is 0 Å². The number of piperidine rings is 1. The van der Waals surface area contributed by atoms with E-state index in [9.17, 15) is 4.79 Å². The Bertz CT molecular complexity index is 191. The zero-order valence-electron chi connectivity index (χ0n) is 8.58. The van der Waals surface area contributed by atoms with Gasteiger partial charge in [-0.1, -0.05) is 20.8 Å². The van der Waals surface area contributed by atoms with E-state index in [1.54, 1.807) is 0 Å². The Morgan fingerprint density at radius 1 is 1.54 bits per heavy atom. The van der Waals surface area contributed by atoms with E-state index in [0.717, 1.165) is 13.0 Å². The number of rotatable bonds is 2. The molecule has 0 radical (unpaired) electrons. The number of carbonyl (C=O) groups is 1. The molecule has 0 aromatic heterocycles. The Balaban J connectivity index is 2.66. The van der Waals surface area contributed by atoms with E-state index in [-0.39, 0.29) is 12.0 Å². The molecule has 0 aromatic carbocycles. The first kappa shape index (κ1) is 10.5. The number of aliphatic carboxylic acids is 1. The lowest BCUT2D eigenvalue weighted by Crippen LogP contribution is -2.50. The van der Waals surface area contributed by atoms with E-state index >= 15 is 0 Å². The first-order valence-electron chi connectivity index (χ1n) is 4.98. The quantitative estimate of drug-likeness (QED) is 0.682. The van der Waals surface area contributed by atoms with Crippen LogP contribution in [0.1, 0.15) is 27.2 Å². The first-order chi connectivity index (χ1) is 6.02. The van der Waals surface area contributed by atoms with Crippen molar-refractivity contribution in [2.24, 2.45) is 17.8 Å². The van der Waals surface area contributed by atoms with Crippen molar-refractivity contribution in [3.8, 4) is 0 Å². The van der Waals surface area contributed by atoms with E-state index in [2.05, 4.69) is 26.1 Å². The second-order valence-corrected chi connectivity index (χ2v) is 4.46. The van der Waals surface area contributed by atoms with E-state index in [1.807, 2.05) is 0 Å². The summed E-state index contributed by atoms with van der Waals surface area (Å²) in [6.45, 7) is 7.19. The highest BCUT2D eigenvalue weighted by Crippen LogP contribution is 2.25. The van der Waals surface area contributed by atoms with Crippen molar-refractivity contribution in [2.75, 3.05) is 6.54 Å². The average Bonchev–Trinajstić information content (AvgIpc) is 2.03. The molecule has 3 unspecified atom stereocenters. The van der Waals surface area contributed by atoms with Gasteiger partial charge in [-0.25, -0.2) is 0 Å². The summed E-state index contributed by atoms with van der Waals surface area (Å²) < 4.78 is 0. The minimum atomic E-state index is -0.655. The van der Waals surface area contributed by atoms with Crippen LogP contribution in [0.25, 0.3) is 0 Å². The summed E-state index contributed by atoms with van der Waals surface area (Å²) in [5.74, 6) is 0.0196. The van der Waals surface area contributed by atoms with E-state index in [0.29, 0.717) is 11.8 Å². The van der Waals surface area contributed by atoms with E-state index < -0.39 is 5.97 Å². The molecule has 1 heterocycles. The third-order valence-electron chi connectivity index (χ3n) is 2.83. The summed E-state index contributed by atoms with van der Waals surface area (Å²) in [6.07, 6.45) is 0.811. The summed E-state index contributed by atoms with van der Waals surface area (Å²) >= 11 is 0. The Labute approximate surface area is 79.5 Å². The molecule has 76 valence electrons. The zero-order chi connectivity index (χ0) is 10.0. The van der Waals surface area contributed by atoms with Gasteiger partial charge in [-0.3, -0.25) is 4.79 Å². The summed E-state index contributed by atoms with van der Waals surface area (Å²) in [7, 11) is 0. The van der Waals surface area contributed by atoms with Crippen LogP contribution in [0, 0.1) is 17.8 Å². The fraction of sp³-hybridized carbons (Fsp3) is 0.900. The van der Waals surface area contributed by atoms with Gasteiger partial charge in [0.05, 0.1) is 5.92 Å². The molecule has 3 heteroatoms. The first-order valence-corrected chi connectivity index (χ1v) is 4.98. The van der Waals surface area contributed by atoms with Crippen LogP contribution in [0.2, 0.25) is 0 Å². The number of carboxylic acid groups (broad SMARTS) is 1. The molecule has 3 nitrogen and oxygen atoms in total. The number of nitrogens with one attached hydrogen (secondary N) is 1. The van der Waals surface area contributed by atoms with Crippen LogP contribution >= 0.6 is 0 Å². The van der Waals surface area contributed by atoms with Crippen molar-refractivity contribution >= 4 is 5.97 Å². The van der Waals surface area contributed by atoms with Crippen molar-refractivity contribution in [3.05, 3.63) is 0 Å². The van der Waals surface area contributed by atoms with Crippen molar-refractivity contribution in [1.29, 1.82) is 0 Å². The third kappa shape index (κ3) is 2.44. The van der Waals surface area contributed by atoms with Gasteiger partial charge in [0.15, 0.2) is 0 Å². The molecule has 1 aliphatic heterocycles. The van der Waals surface area contributed by atoms with E-state index in [4.69, 9.17) is 5.11 Å². The highest BCUT2D eigenvalue weighted by molar-refractivity contribution is 5.71. The van der Waals surface area contributed by atoms with Crippen molar-refractivity contribution in [1.82, 2.24) is 5.32 Å². The lowest BCUT2D eigenvalue weighted by molar-refractivity contribution is -0.144. The molecule has 2 N–H and O–H groups in total.